The second-order valence-corrected chi connectivity index (χ2v) is 6.77. The van der Waals surface area contributed by atoms with E-state index >= 15 is 0 Å². The number of aliphatic hydroxyl groups excluding tert-OH is 1. The second kappa shape index (κ2) is 4.94. The fraction of sp³-hybridized carbons (Fsp3) is 0.643. The van der Waals surface area contributed by atoms with Gasteiger partial charge in [-0.1, -0.05) is 0 Å². The van der Waals surface area contributed by atoms with E-state index in [9.17, 15) is 9.90 Å². The van der Waals surface area contributed by atoms with Gasteiger partial charge in [-0.3, -0.25) is 4.79 Å². The van der Waals surface area contributed by atoms with Crippen LogP contribution in [0, 0.1) is 5.92 Å². The number of aromatic nitrogens is 1. The van der Waals surface area contributed by atoms with Crippen LogP contribution in [-0.4, -0.2) is 40.2 Å². The molecule has 0 saturated heterocycles. The highest BCUT2D eigenvalue weighted by molar-refractivity contribution is 9.10. The van der Waals surface area contributed by atoms with Crippen molar-refractivity contribution in [3.63, 3.8) is 0 Å². The van der Waals surface area contributed by atoms with Crippen LogP contribution in [-0.2, 0) is 0 Å². The van der Waals surface area contributed by atoms with Gasteiger partial charge in [0.25, 0.3) is 5.91 Å². The van der Waals surface area contributed by atoms with Crippen LogP contribution >= 0.6 is 15.9 Å². The third-order valence-electron chi connectivity index (χ3n) is 4.06. The molecule has 0 aromatic carbocycles. The topological polar surface area (TPSA) is 45.5 Å². The SMILES string of the molecule is CN(CC1CC(O)C1)C(=O)c1cc(Br)cn1C1CC1. The highest BCUT2D eigenvalue weighted by Crippen LogP contribution is 2.38. The van der Waals surface area contributed by atoms with Crippen molar-refractivity contribution in [1.29, 1.82) is 0 Å². The summed E-state index contributed by atoms with van der Waals surface area (Å²) in [5.74, 6) is 0.538. The van der Waals surface area contributed by atoms with Gasteiger partial charge in [-0.05, 0) is 53.6 Å². The second-order valence-electron chi connectivity index (χ2n) is 5.86. The average molecular weight is 327 g/mol. The molecule has 2 aliphatic rings. The van der Waals surface area contributed by atoms with Gasteiger partial charge >= 0.3 is 0 Å². The van der Waals surface area contributed by atoms with Gasteiger partial charge in [0.05, 0.1) is 6.10 Å². The maximum absolute atomic E-state index is 12.5. The van der Waals surface area contributed by atoms with Gasteiger partial charge in [0.2, 0.25) is 0 Å². The zero-order valence-electron chi connectivity index (χ0n) is 11.1. The Bertz CT molecular complexity index is 490. The Hall–Kier alpha value is -0.810. The van der Waals surface area contributed by atoms with E-state index in [1.807, 2.05) is 19.3 Å². The minimum absolute atomic E-state index is 0.0824. The zero-order chi connectivity index (χ0) is 13.6. The molecule has 2 aliphatic carbocycles. The summed E-state index contributed by atoms with van der Waals surface area (Å²) in [5.41, 5.74) is 0.775. The molecule has 0 aliphatic heterocycles. The van der Waals surface area contributed by atoms with Crippen LogP contribution in [0.25, 0.3) is 0 Å². The van der Waals surface area contributed by atoms with Gasteiger partial charge in [0.1, 0.15) is 5.69 Å². The molecule has 0 spiro atoms. The van der Waals surface area contributed by atoms with Crippen molar-refractivity contribution in [2.24, 2.45) is 5.92 Å². The first-order valence-corrected chi connectivity index (χ1v) is 7.65. The van der Waals surface area contributed by atoms with Crippen molar-refractivity contribution in [3.8, 4) is 0 Å². The van der Waals surface area contributed by atoms with E-state index in [0.717, 1.165) is 29.6 Å². The van der Waals surface area contributed by atoms with Gasteiger partial charge < -0.3 is 14.6 Å². The molecule has 1 amide bonds. The van der Waals surface area contributed by atoms with E-state index < -0.39 is 0 Å². The summed E-state index contributed by atoms with van der Waals surface area (Å²) >= 11 is 3.46. The van der Waals surface area contributed by atoms with E-state index in [0.29, 0.717) is 12.0 Å². The number of amides is 1. The molecule has 1 aromatic heterocycles. The summed E-state index contributed by atoms with van der Waals surface area (Å²) in [5, 5.41) is 9.30. The van der Waals surface area contributed by atoms with Crippen molar-refractivity contribution in [1.82, 2.24) is 9.47 Å². The van der Waals surface area contributed by atoms with E-state index in [4.69, 9.17) is 0 Å². The minimum Gasteiger partial charge on any atom is -0.393 e. The Labute approximate surface area is 121 Å². The molecule has 5 heteroatoms. The fourth-order valence-corrected chi connectivity index (χ4v) is 3.22. The Morgan fingerprint density at radius 3 is 2.79 bits per heavy atom. The molecular formula is C14H19BrN2O2. The zero-order valence-corrected chi connectivity index (χ0v) is 12.6. The molecule has 2 saturated carbocycles. The van der Waals surface area contributed by atoms with Crippen molar-refractivity contribution in [2.75, 3.05) is 13.6 Å². The van der Waals surface area contributed by atoms with Crippen LogP contribution in [0.1, 0.15) is 42.2 Å². The predicted octanol–water partition coefficient (Wildman–Crippen LogP) is 2.43. The molecule has 1 heterocycles. The highest BCUT2D eigenvalue weighted by atomic mass is 79.9. The van der Waals surface area contributed by atoms with Gasteiger partial charge in [-0.25, -0.2) is 0 Å². The Kier molecular flexibility index (Phi) is 3.43. The summed E-state index contributed by atoms with van der Waals surface area (Å²) < 4.78 is 3.06. The molecule has 19 heavy (non-hydrogen) atoms. The monoisotopic (exact) mass is 326 g/mol. The largest absolute Gasteiger partial charge is 0.393 e. The number of carbonyl (C=O) groups is 1. The maximum atomic E-state index is 12.5. The Morgan fingerprint density at radius 1 is 1.53 bits per heavy atom. The average Bonchev–Trinajstić information content (AvgIpc) is 3.09. The lowest BCUT2D eigenvalue weighted by molar-refractivity contribution is 0.0262. The van der Waals surface area contributed by atoms with Crippen LogP contribution in [0.5, 0.6) is 0 Å². The molecule has 4 nitrogen and oxygen atoms in total. The smallest absolute Gasteiger partial charge is 0.270 e. The third kappa shape index (κ3) is 2.72. The van der Waals surface area contributed by atoms with Gasteiger partial charge in [0.15, 0.2) is 0 Å². The number of hydrogen-bond acceptors (Lipinski definition) is 2. The summed E-state index contributed by atoms with van der Waals surface area (Å²) in [6.07, 6.45) is 5.83. The van der Waals surface area contributed by atoms with E-state index in [-0.39, 0.29) is 12.0 Å². The molecule has 1 aromatic rings. The normalized spacial score (nSPS) is 26.1. The number of halogens is 1. The summed E-state index contributed by atoms with van der Waals surface area (Å²) in [6.45, 7) is 0.739. The Balaban J connectivity index is 1.68. The van der Waals surface area contributed by atoms with Crippen LogP contribution < -0.4 is 0 Å². The molecule has 0 atom stereocenters. The number of nitrogens with zero attached hydrogens (tertiary/aromatic N) is 2. The van der Waals surface area contributed by atoms with Gasteiger partial charge in [-0.15, -0.1) is 0 Å². The highest BCUT2D eigenvalue weighted by Gasteiger charge is 2.32. The quantitative estimate of drug-likeness (QED) is 0.923. The lowest BCUT2D eigenvalue weighted by Gasteiger charge is -2.34. The summed E-state index contributed by atoms with van der Waals surface area (Å²) in [6, 6.07) is 2.41. The molecule has 2 fully saturated rings. The summed E-state index contributed by atoms with van der Waals surface area (Å²) in [7, 11) is 1.85. The molecule has 104 valence electrons. The fourth-order valence-electron chi connectivity index (χ4n) is 2.79. The maximum Gasteiger partial charge on any atom is 0.270 e. The first-order chi connectivity index (χ1) is 9.04. The molecule has 0 unspecified atom stereocenters. The molecular weight excluding hydrogens is 308 g/mol. The lowest BCUT2D eigenvalue weighted by atomic mass is 9.82. The van der Waals surface area contributed by atoms with E-state index in [2.05, 4.69) is 20.5 Å². The molecule has 0 bridgehead atoms. The lowest BCUT2D eigenvalue weighted by Crippen LogP contribution is -2.40. The van der Waals surface area contributed by atoms with E-state index in [1.165, 1.54) is 12.8 Å². The number of carbonyl (C=O) groups excluding carboxylic acids is 1. The first kappa shape index (κ1) is 13.2. The summed E-state index contributed by atoms with van der Waals surface area (Å²) in [4.78, 5) is 14.3. The molecule has 0 radical (unpaired) electrons. The van der Waals surface area contributed by atoms with Crippen LogP contribution in [0.15, 0.2) is 16.7 Å². The number of hydrogen-bond donors (Lipinski definition) is 1. The minimum atomic E-state index is -0.155. The van der Waals surface area contributed by atoms with E-state index in [1.54, 1.807) is 4.90 Å². The standard InChI is InChI=1S/C14H19BrN2O2/c1-16(7-9-4-12(18)5-9)14(19)13-6-10(15)8-17(13)11-2-3-11/h6,8-9,11-12,18H,2-5,7H2,1H3. The number of aliphatic hydroxyl groups is 1. The van der Waals surface area contributed by atoms with Gasteiger partial charge in [0, 0.05) is 30.3 Å². The third-order valence-corrected chi connectivity index (χ3v) is 4.50. The van der Waals surface area contributed by atoms with Crippen molar-refractivity contribution >= 4 is 21.8 Å². The van der Waals surface area contributed by atoms with Crippen molar-refractivity contribution < 1.29 is 9.90 Å². The van der Waals surface area contributed by atoms with Crippen LogP contribution in [0.4, 0.5) is 0 Å². The van der Waals surface area contributed by atoms with Gasteiger partial charge in [-0.2, -0.15) is 0 Å². The van der Waals surface area contributed by atoms with Crippen LogP contribution in [0.3, 0.4) is 0 Å². The van der Waals surface area contributed by atoms with Crippen molar-refractivity contribution in [2.45, 2.75) is 37.8 Å². The van der Waals surface area contributed by atoms with Crippen molar-refractivity contribution in [3.05, 3.63) is 22.4 Å². The van der Waals surface area contributed by atoms with Crippen LogP contribution in [0.2, 0.25) is 0 Å². The molecule has 1 N–H and O–H groups in total. The predicted molar refractivity (Wildman–Crippen MR) is 76.1 cm³/mol. The molecule has 3 rings (SSSR count). The first-order valence-electron chi connectivity index (χ1n) is 6.85. The number of rotatable bonds is 4. The Morgan fingerprint density at radius 2 is 2.21 bits per heavy atom.